The molecule has 1 fully saturated rings. The highest BCUT2D eigenvalue weighted by Crippen LogP contribution is 2.48. The Labute approximate surface area is 57.2 Å². The van der Waals surface area contributed by atoms with E-state index in [1.165, 1.54) is 13.8 Å². The van der Waals surface area contributed by atoms with Crippen molar-refractivity contribution in [1.29, 1.82) is 0 Å². The van der Waals surface area contributed by atoms with Crippen LogP contribution in [0.1, 0.15) is 13.8 Å². The molecule has 4 heteroatoms. The molecule has 1 atom stereocenters. The van der Waals surface area contributed by atoms with Crippen LogP contribution in [-0.4, -0.2) is 18.4 Å². The third kappa shape index (κ3) is 0.905. The van der Waals surface area contributed by atoms with E-state index in [9.17, 15) is 13.2 Å². The molecule has 1 aliphatic rings. The molecular formula is C6H9F3O. The summed E-state index contributed by atoms with van der Waals surface area (Å²) in [7, 11) is 0. The van der Waals surface area contributed by atoms with Gasteiger partial charge in [0.1, 0.15) is 0 Å². The molecule has 0 N–H and O–H groups in total. The van der Waals surface area contributed by atoms with Crippen molar-refractivity contribution in [3.05, 3.63) is 0 Å². The summed E-state index contributed by atoms with van der Waals surface area (Å²) in [4.78, 5) is 0. The van der Waals surface area contributed by atoms with Crippen LogP contribution in [0.5, 0.6) is 0 Å². The largest absolute Gasteiger partial charge is 0.419 e. The van der Waals surface area contributed by atoms with Gasteiger partial charge < -0.3 is 4.74 Å². The lowest BCUT2D eigenvalue weighted by Crippen LogP contribution is -2.37. The Morgan fingerprint density at radius 2 is 1.80 bits per heavy atom. The number of rotatable bonds is 1. The monoisotopic (exact) mass is 154 g/mol. The molecule has 0 aliphatic carbocycles. The Morgan fingerprint density at radius 1 is 1.40 bits per heavy atom. The maximum absolute atomic E-state index is 12.0. The minimum Gasteiger partial charge on any atom is -0.359 e. The third-order valence-electron chi connectivity index (χ3n) is 1.87. The summed E-state index contributed by atoms with van der Waals surface area (Å²) in [5.74, 6) is -0.479. The first-order chi connectivity index (χ1) is 4.40. The van der Waals surface area contributed by atoms with E-state index in [-0.39, 0.29) is 6.61 Å². The van der Waals surface area contributed by atoms with Crippen molar-refractivity contribution in [2.24, 2.45) is 5.92 Å². The van der Waals surface area contributed by atoms with E-state index in [2.05, 4.69) is 4.74 Å². The van der Waals surface area contributed by atoms with Crippen LogP contribution in [0, 0.1) is 5.92 Å². The molecule has 0 bridgehead atoms. The van der Waals surface area contributed by atoms with Crippen LogP contribution in [-0.2, 0) is 4.74 Å². The fourth-order valence-electron chi connectivity index (χ4n) is 0.902. The summed E-state index contributed by atoms with van der Waals surface area (Å²) in [5.41, 5.74) is -1.81. The van der Waals surface area contributed by atoms with E-state index in [1.807, 2.05) is 0 Å². The minimum atomic E-state index is -4.19. The van der Waals surface area contributed by atoms with E-state index < -0.39 is 17.7 Å². The molecule has 1 saturated heterocycles. The van der Waals surface area contributed by atoms with Gasteiger partial charge in [0.15, 0.2) is 5.60 Å². The van der Waals surface area contributed by atoms with E-state index >= 15 is 0 Å². The number of hydrogen-bond acceptors (Lipinski definition) is 1. The van der Waals surface area contributed by atoms with Gasteiger partial charge in [0.2, 0.25) is 0 Å². The SMILES string of the molecule is CC(C)C1(C(F)(F)F)CO1. The van der Waals surface area contributed by atoms with Gasteiger partial charge >= 0.3 is 6.18 Å². The summed E-state index contributed by atoms with van der Waals surface area (Å²) in [6.45, 7) is 2.86. The van der Waals surface area contributed by atoms with Gasteiger partial charge in [-0.15, -0.1) is 0 Å². The maximum Gasteiger partial charge on any atom is 0.419 e. The number of hydrogen-bond donors (Lipinski definition) is 0. The second-order valence-electron chi connectivity index (χ2n) is 2.83. The van der Waals surface area contributed by atoms with Gasteiger partial charge in [-0.3, -0.25) is 0 Å². The fraction of sp³-hybridized carbons (Fsp3) is 1.00. The van der Waals surface area contributed by atoms with Gasteiger partial charge in [0.25, 0.3) is 0 Å². The molecule has 60 valence electrons. The molecule has 1 rings (SSSR count). The Morgan fingerprint density at radius 3 is 1.80 bits per heavy atom. The molecule has 1 aliphatic heterocycles. The second kappa shape index (κ2) is 1.87. The van der Waals surface area contributed by atoms with Crippen LogP contribution in [0.4, 0.5) is 13.2 Å². The summed E-state index contributed by atoms with van der Waals surface area (Å²) in [5, 5.41) is 0. The van der Waals surface area contributed by atoms with E-state index in [1.54, 1.807) is 0 Å². The molecule has 0 spiro atoms. The average Bonchev–Trinajstić information content (AvgIpc) is 2.36. The number of halogens is 3. The van der Waals surface area contributed by atoms with Gasteiger partial charge in [-0.2, -0.15) is 13.2 Å². The summed E-state index contributed by atoms with van der Waals surface area (Å²) in [6, 6.07) is 0. The second-order valence-corrected chi connectivity index (χ2v) is 2.83. The summed E-state index contributed by atoms with van der Waals surface area (Å²) < 4.78 is 40.5. The van der Waals surface area contributed by atoms with Gasteiger partial charge in [0.05, 0.1) is 6.61 Å². The zero-order valence-corrected chi connectivity index (χ0v) is 5.83. The molecular weight excluding hydrogens is 145 g/mol. The molecule has 0 aromatic rings. The zero-order chi connectivity index (χ0) is 7.99. The predicted octanol–water partition coefficient (Wildman–Crippen LogP) is 1.97. The van der Waals surface area contributed by atoms with Crippen LogP contribution < -0.4 is 0 Å². The number of alkyl halides is 3. The van der Waals surface area contributed by atoms with Crippen molar-refractivity contribution in [1.82, 2.24) is 0 Å². The minimum absolute atomic E-state index is 0.172. The highest BCUT2D eigenvalue weighted by atomic mass is 19.4. The molecule has 0 aromatic heterocycles. The fourth-order valence-corrected chi connectivity index (χ4v) is 0.902. The van der Waals surface area contributed by atoms with Crippen molar-refractivity contribution < 1.29 is 17.9 Å². The van der Waals surface area contributed by atoms with Crippen LogP contribution in [0.25, 0.3) is 0 Å². The topological polar surface area (TPSA) is 12.5 Å². The first-order valence-electron chi connectivity index (χ1n) is 3.11. The molecule has 0 aromatic carbocycles. The summed E-state index contributed by atoms with van der Waals surface area (Å²) >= 11 is 0. The van der Waals surface area contributed by atoms with Crippen molar-refractivity contribution in [2.75, 3.05) is 6.61 Å². The Kier molecular flexibility index (Phi) is 1.47. The van der Waals surface area contributed by atoms with Crippen LogP contribution >= 0.6 is 0 Å². The van der Waals surface area contributed by atoms with Gasteiger partial charge in [0, 0.05) is 0 Å². The van der Waals surface area contributed by atoms with E-state index in [0.29, 0.717) is 0 Å². The molecule has 0 amide bonds. The van der Waals surface area contributed by atoms with Crippen LogP contribution in [0.15, 0.2) is 0 Å². The van der Waals surface area contributed by atoms with E-state index in [4.69, 9.17) is 0 Å². The molecule has 10 heavy (non-hydrogen) atoms. The first-order valence-corrected chi connectivity index (χ1v) is 3.11. The standard InChI is InChI=1S/C6H9F3O/c1-4(2)5(3-10-5)6(7,8)9/h4H,3H2,1-2H3. The third-order valence-corrected chi connectivity index (χ3v) is 1.87. The van der Waals surface area contributed by atoms with Gasteiger partial charge in [-0.1, -0.05) is 13.8 Å². The number of epoxide rings is 1. The van der Waals surface area contributed by atoms with Crippen molar-refractivity contribution >= 4 is 0 Å². The van der Waals surface area contributed by atoms with Crippen molar-refractivity contribution in [3.63, 3.8) is 0 Å². The molecule has 1 nitrogen and oxygen atoms in total. The Bertz CT molecular complexity index is 134. The van der Waals surface area contributed by atoms with Crippen molar-refractivity contribution in [2.45, 2.75) is 25.6 Å². The lowest BCUT2D eigenvalue weighted by molar-refractivity contribution is -0.195. The smallest absolute Gasteiger partial charge is 0.359 e. The zero-order valence-electron chi connectivity index (χ0n) is 5.83. The maximum atomic E-state index is 12.0. The first kappa shape index (κ1) is 7.85. The quantitative estimate of drug-likeness (QED) is 0.526. The Balaban J connectivity index is 2.70. The van der Waals surface area contributed by atoms with Gasteiger partial charge in [-0.25, -0.2) is 0 Å². The molecule has 0 radical (unpaired) electrons. The predicted molar refractivity (Wildman–Crippen MR) is 29.6 cm³/mol. The van der Waals surface area contributed by atoms with E-state index in [0.717, 1.165) is 0 Å². The van der Waals surface area contributed by atoms with Crippen LogP contribution in [0.2, 0.25) is 0 Å². The van der Waals surface area contributed by atoms with Gasteiger partial charge in [-0.05, 0) is 5.92 Å². The molecule has 1 unspecified atom stereocenters. The number of ether oxygens (including phenoxy) is 1. The lowest BCUT2D eigenvalue weighted by atomic mass is 9.96. The van der Waals surface area contributed by atoms with Crippen molar-refractivity contribution in [3.8, 4) is 0 Å². The summed E-state index contributed by atoms with van der Waals surface area (Å²) in [6.07, 6.45) is -4.19. The lowest BCUT2D eigenvalue weighted by Gasteiger charge is -2.18. The highest BCUT2D eigenvalue weighted by Gasteiger charge is 2.67. The normalized spacial score (nSPS) is 33.0. The molecule has 0 saturated carbocycles. The molecule has 1 heterocycles. The average molecular weight is 154 g/mol. The Hall–Kier alpha value is -0.250. The highest BCUT2D eigenvalue weighted by molar-refractivity contribution is 5.01. The van der Waals surface area contributed by atoms with Crippen LogP contribution in [0.3, 0.4) is 0 Å².